The second-order valence-electron chi connectivity index (χ2n) is 5.85. The number of hydrogen-bond acceptors (Lipinski definition) is 3. The van der Waals surface area contributed by atoms with Gasteiger partial charge in [-0.25, -0.2) is 0 Å². The van der Waals surface area contributed by atoms with E-state index < -0.39 is 0 Å². The Hall–Kier alpha value is -1.36. The Labute approximate surface area is 114 Å². The first kappa shape index (κ1) is 12.7. The Morgan fingerprint density at radius 2 is 2.32 bits per heavy atom. The molecule has 2 aliphatic rings. The lowest BCUT2D eigenvalue weighted by atomic mass is 10.2. The lowest BCUT2D eigenvalue weighted by Gasteiger charge is -2.25. The van der Waals surface area contributed by atoms with Crippen molar-refractivity contribution in [3.8, 4) is 0 Å². The number of hydrogen-bond donors (Lipinski definition) is 1. The molecule has 1 aliphatic carbocycles. The summed E-state index contributed by atoms with van der Waals surface area (Å²) >= 11 is 0. The van der Waals surface area contributed by atoms with E-state index in [0.29, 0.717) is 11.6 Å². The predicted molar refractivity (Wildman–Crippen MR) is 72.9 cm³/mol. The van der Waals surface area contributed by atoms with E-state index in [1.165, 1.54) is 25.7 Å². The fourth-order valence-electron chi connectivity index (χ4n) is 2.75. The van der Waals surface area contributed by atoms with E-state index in [9.17, 15) is 4.79 Å². The molecule has 0 aromatic carbocycles. The minimum Gasteiger partial charge on any atom is -0.337 e. The minimum atomic E-state index is 0.133. The molecule has 0 radical (unpaired) electrons. The molecule has 1 aromatic rings. The lowest BCUT2D eigenvalue weighted by molar-refractivity contribution is 0.0733. The predicted octanol–water partition coefficient (Wildman–Crippen LogP) is 1.02. The third kappa shape index (κ3) is 3.15. The zero-order chi connectivity index (χ0) is 13.2. The highest BCUT2D eigenvalue weighted by Crippen LogP contribution is 2.30. The first-order chi connectivity index (χ1) is 9.22. The van der Waals surface area contributed by atoms with Crippen LogP contribution >= 0.6 is 0 Å². The van der Waals surface area contributed by atoms with Crippen molar-refractivity contribution in [2.24, 2.45) is 13.0 Å². The van der Waals surface area contributed by atoms with E-state index in [1.54, 1.807) is 10.9 Å². The average Bonchev–Trinajstić information content (AvgIpc) is 2.89. The standard InChI is InChI=1S/C14H22N4O/c1-17-9-12(7-16-17)14(19)18(8-11-4-5-11)10-13-3-2-6-15-13/h7,9,11,13,15H,2-6,8,10H2,1H3. The smallest absolute Gasteiger partial charge is 0.257 e. The Bertz CT molecular complexity index is 446. The van der Waals surface area contributed by atoms with Crippen molar-refractivity contribution in [1.82, 2.24) is 20.0 Å². The zero-order valence-corrected chi connectivity index (χ0v) is 11.5. The van der Waals surface area contributed by atoms with Crippen molar-refractivity contribution in [1.29, 1.82) is 0 Å². The van der Waals surface area contributed by atoms with Gasteiger partial charge in [0.15, 0.2) is 0 Å². The van der Waals surface area contributed by atoms with Crippen molar-refractivity contribution in [2.45, 2.75) is 31.7 Å². The van der Waals surface area contributed by atoms with Crippen LogP contribution in [0, 0.1) is 5.92 Å². The van der Waals surface area contributed by atoms with E-state index in [1.807, 2.05) is 18.1 Å². The van der Waals surface area contributed by atoms with Crippen LogP contribution < -0.4 is 5.32 Å². The molecule has 2 fully saturated rings. The second kappa shape index (κ2) is 5.33. The molecule has 5 heteroatoms. The number of aryl methyl sites for hydroxylation is 1. The highest BCUT2D eigenvalue weighted by atomic mass is 16.2. The molecule has 5 nitrogen and oxygen atoms in total. The molecule has 1 saturated heterocycles. The van der Waals surface area contributed by atoms with E-state index in [-0.39, 0.29) is 5.91 Å². The van der Waals surface area contributed by atoms with Gasteiger partial charge < -0.3 is 10.2 Å². The number of rotatable bonds is 5. The summed E-state index contributed by atoms with van der Waals surface area (Å²) in [6, 6.07) is 0.472. The third-order valence-electron chi connectivity index (χ3n) is 4.02. The maximum Gasteiger partial charge on any atom is 0.257 e. The Balaban J connectivity index is 1.67. The molecule has 1 aromatic heterocycles. The summed E-state index contributed by atoms with van der Waals surface area (Å²) in [5.74, 6) is 0.857. The van der Waals surface area contributed by atoms with Crippen molar-refractivity contribution in [2.75, 3.05) is 19.6 Å². The SMILES string of the molecule is Cn1cc(C(=O)N(CC2CC2)CC2CCCN2)cn1. The summed E-state index contributed by atoms with van der Waals surface area (Å²) in [7, 11) is 1.85. The monoisotopic (exact) mass is 262 g/mol. The molecule has 1 atom stereocenters. The van der Waals surface area contributed by atoms with E-state index in [0.717, 1.165) is 25.6 Å². The maximum atomic E-state index is 12.6. The minimum absolute atomic E-state index is 0.133. The zero-order valence-electron chi connectivity index (χ0n) is 11.5. The highest BCUT2D eigenvalue weighted by Gasteiger charge is 2.29. The molecule has 0 bridgehead atoms. The van der Waals surface area contributed by atoms with Crippen molar-refractivity contribution in [3.05, 3.63) is 18.0 Å². The van der Waals surface area contributed by atoms with Crippen molar-refractivity contribution < 1.29 is 4.79 Å². The number of nitrogens with zero attached hydrogens (tertiary/aromatic N) is 3. The Kier molecular flexibility index (Phi) is 3.55. The molecule has 1 amide bonds. The number of carbonyl (C=O) groups excluding carboxylic acids is 1. The van der Waals surface area contributed by atoms with Crippen LogP contribution in [0.25, 0.3) is 0 Å². The molecule has 3 rings (SSSR count). The first-order valence-corrected chi connectivity index (χ1v) is 7.23. The molecule has 1 N–H and O–H groups in total. The summed E-state index contributed by atoms with van der Waals surface area (Å²) in [4.78, 5) is 14.6. The van der Waals surface area contributed by atoms with Gasteiger partial charge in [0.05, 0.1) is 11.8 Å². The van der Waals surface area contributed by atoms with Crippen LogP contribution in [0.3, 0.4) is 0 Å². The summed E-state index contributed by atoms with van der Waals surface area (Å²) in [5.41, 5.74) is 0.709. The van der Waals surface area contributed by atoms with Crippen LogP contribution in [-0.4, -0.2) is 46.3 Å². The third-order valence-corrected chi connectivity index (χ3v) is 4.02. The van der Waals surface area contributed by atoms with Crippen molar-refractivity contribution in [3.63, 3.8) is 0 Å². The fraction of sp³-hybridized carbons (Fsp3) is 0.714. The molecule has 1 unspecified atom stereocenters. The quantitative estimate of drug-likeness (QED) is 0.862. The number of nitrogens with one attached hydrogen (secondary N) is 1. The Morgan fingerprint density at radius 1 is 1.47 bits per heavy atom. The van der Waals surface area contributed by atoms with E-state index in [2.05, 4.69) is 10.4 Å². The van der Waals surface area contributed by atoms with Gasteiger partial charge in [-0.2, -0.15) is 5.10 Å². The van der Waals surface area contributed by atoms with Gasteiger partial charge in [0.25, 0.3) is 5.91 Å². The van der Waals surface area contributed by atoms with Crippen LogP contribution in [0.15, 0.2) is 12.4 Å². The van der Waals surface area contributed by atoms with Gasteiger partial charge in [-0.05, 0) is 38.1 Å². The van der Waals surface area contributed by atoms with Gasteiger partial charge in [-0.1, -0.05) is 0 Å². The van der Waals surface area contributed by atoms with Crippen LogP contribution in [0.5, 0.6) is 0 Å². The molecule has 0 spiro atoms. The summed E-state index contributed by atoms with van der Waals surface area (Å²) < 4.78 is 1.69. The summed E-state index contributed by atoms with van der Waals surface area (Å²) in [6.45, 7) is 2.83. The topological polar surface area (TPSA) is 50.2 Å². The molecular formula is C14H22N4O. The van der Waals surface area contributed by atoms with E-state index >= 15 is 0 Å². The molecule has 1 saturated carbocycles. The van der Waals surface area contributed by atoms with E-state index in [4.69, 9.17) is 0 Å². The van der Waals surface area contributed by atoms with Gasteiger partial charge in [-0.15, -0.1) is 0 Å². The summed E-state index contributed by atoms with van der Waals surface area (Å²) in [5, 5.41) is 7.58. The number of aromatic nitrogens is 2. The average molecular weight is 262 g/mol. The number of amides is 1. The molecule has 1 aliphatic heterocycles. The van der Waals surface area contributed by atoms with Crippen LogP contribution in [0.2, 0.25) is 0 Å². The second-order valence-corrected chi connectivity index (χ2v) is 5.85. The van der Waals surface area contributed by atoms with Crippen LogP contribution in [-0.2, 0) is 7.05 Å². The lowest BCUT2D eigenvalue weighted by Crippen LogP contribution is -2.42. The summed E-state index contributed by atoms with van der Waals surface area (Å²) in [6.07, 6.45) is 8.43. The molecule has 19 heavy (non-hydrogen) atoms. The molecular weight excluding hydrogens is 240 g/mol. The molecule has 104 valence electrons. The maximum absolute atomic E-state index is 12.6. The highest BCUT2D eigenvalue weighted by molar-refractivity contribution is 5.93. The Morgan fingerprint density at radius 3 is 2.89 bits per heavy atom. The van der Waals surface area contributed by atoms with Crippen molar-refractivity contribution >= 4 is 5.91 Å². The largest absolute Gasteiger partial charge is 0.337 e. The van der Waals surface area contributed by atoms with Crippen LogP contribution in [0.1, 0.15) is 36.0 Å². The van der Waals surface area contributed by atoms with Gasteiger partial charge in [0, 0.05) is 32.4 Å². The van der Waals surface area contributed by atoms with Gasteiger partial charge in [0.2, 0.25) is 0 Å². The van der Waals surface area contributed by atoms with Gasteiger partial charge in [-0.3, -0.25) is 9.48 Å². The van der Waals surface area contributed by atoms with Crippen LogP contribution in [0.4, 0.5) is 0 Å². The number of carbonyl (C=O) groups is 1. The first-order valence-electron chi connectivity index (χ1n) is 7.23. The fourth-order valence-corrected chi connectivity index (χ4v) is 2.75. The molecule has 2 heterocycles. The van der Waals surface area contributed by atoms with Gasteiger partial charge >= 0.3 is 0 Å². The van der Waals surface area contributed by atoms with Gasteiger partial charge in [0.1, 0.15) is 0 Å². The normalized spacial score (nSPS) is 22.7.